The Bertz CT molecular complexity index is 804. The third-order valence-electron chi connectivity index (χ3n) is 2.71. The Balaban J connectivity index is 2.02. The summed E-state index contributed by atoms with van der Waals surface area (Å²) in [6.45, 7) is 0. The Morgan fingerprint density at radius 1 is 1.14 bits per heavy atom. The molecule has 0 aliphatic heterocycles. The van der Waals surface area contributed by atoms with Crippen molar-refractivity contribution < 1.29 is 13.3 Å². The number of nitrogens with two attached hydrogens (primary N) is 1. The predicted molar refractivity (Wildman–Crippen MR) is 72.3 cm³/mol. The number of halogens is 3. The molecule has 0 radical (unpaired) electrons. The average Bonchev–Trinajstić information content (AvgIpc) is 2.93. The van der Waals surface area contributed by atoms with Crippen LogP contribution in [0.4, 0.5) is 14.5 Å². The van der Waals surface area contributed by atoms with Crippen LogP contribution in [0.2, 0.25) is 5.02 Å². The van der Waals surface area contributed by atoms with Gasteiger partial charge in [0.25, 0.3) is 5.89 Å². The fraction of sp³-hybridized carbons (Fsp3) is 0. The van der Waals surface area contributed by atoms with Gasteiger partial charge in [-0.05, 0) is 18.2 Å². The van der Waals surface area contributed by atoms with Crippen LogP contribution >= 0.6 is 11.6 Å². The molecule has 3 rings (SSSR count). The molecule has 106 valence electrons. The summed E-state index contributed by atoms with van der Waals surface area (Å²) in [4.78, 5) is 8.09. The van der Waals surface area contributed by atoms with Crippen molar-refractivity contribution in [3.63, 3.8) is 0 Å². The zero-order valence-electron chi connectivity index (χ0n) is 10.3. The molecule has 0 bridgehead atoms. The molecule has 0 atom stereocenters. The number of hydrogen-bond acceptors (Lipinski definition) is 5. The van der Waals surface area contributed by atoms with E-state index < -0.39 is 11.6 Å². The first-order valence-electron chi connectivity index (χ1n) is 5.75. The lowest BCUT2D eigenvalue weighted by Crippen LogP contribution is -1.95. The summed E-state index contributed by atoms with van der Waals surface area (Å²) in [6, 6.07) is 4.98. The molecule has 21 heavy (non-hydrogen) atoms. The largest absolute Gasteiger partial charge is 0.398 e. The number of aromatic nitrogens is 3. The molecule has 2 N–H and O–H groups in total. The van der Waals surface area contributed by atoms with E-state index in [1.165, 1.54) is 6.20 Å². The van der Waals surface area contributed by atoms with Crippen LogP contribution in [0.1, 0.15) is 0 Å². The van der Waals surface area contributed by atoms with Crippen LogP contribution in [0.15, 0.2) is 35.0 Å². The maximum atomic E-state index is 13.3. The second-order valence-corrected chi connectivity index (χ2v) is 4.57. The van der Waals surface area contributed by atoms with Crippen molar-refractivity contribution in [1.29, 1.82) is 0 Å². The van der Waals surface area contributed by atoms with Crippen LogP contribution in [-0.4, -0.2) is 15.1 Å². The van der Waals surface area contributed by atoms with Gasteiger partial charge in [0.1, 0.15) is 5.69 Å². The van der Waals surface area contributed by atoms with Crippen molar-refractivity contribution in [3.8, 4) is 23.0 Å². The van der Waals surface area contributed by atoms with Crippen LogP contribution < -0.4 is 5.73 Å². The molecule has 1 aromatic carbocycles. The lowest BCUT2D eigenvalue weighted by atomic mass is 10.1. The Hall–Kier alpha value is -2.54. The van der Waals surface area contributed by atoms with E-state index in [1.807, 2.05) is 0 Å². The van der Waals surface area contributed by atoms with Gasteiger partial charge in [-0.3, -0.25) is 4.98 Å². The monoisotopic (exact) mass is 308 g/mol. The smallest absolute Gasteiger partial charge is 0.260 e. The molecule has 3 aromatic rings. The van der Waals surface area contributed by atoms with Crippen molar-refractivity contribution in [3.05, 3.63) is 47.1 Å². The fourth-order valence-electron chi connectivity index (χ4n) is 1.69. The van der Waals surface area contributed by atoms with Gasteiger partial charge in [-0.2, -0.15) is 4.98 Å². The molecule has 0 saturated carbocycles. The minimum Gasteiger partial charge on any atom is -0.398 e. The van der Waals surface area contributed by atoms with E-state index in [0.29, 0.717) is 10.7 Å². The zero-order valence-corrected chi connectivity index (χ0v) is 11.1. The minimum absolute atomic E-state index is 0.00633. The molecule has 2 aromatic heterocycles. The average molecular weight is 309 g/mol. The van der Waals surface area contributed by atoms with Crippen LogP contribution in [0, 0.1) is 11.6 Å². The highest BCUT2D eigenvalue weighted by Crippen LogP contribution is 2.28. The van der Waals surface area contributed by atoms with Gasteiger partial charge in [-0.25, -0.2) is 8.78 Å². The van der Waals surface area contributed by atoms with Gasteiger partial charge in [0.15, 0.2) is 11.6 Å². The summed E-state index contributed by atoms with van der Waals surface area (Å²) in [5.41, 5.74) is 6.16. The van der Waals surface area contributed by atoms with Gasteiger partial charge in [0.05, 0.1) is 10.6 Å². The number of pyridine rings is 1. The molecular weight excluding hydrogens is 302 g/mol. The molecule has 0 amide bonds. The maximum absolute atomic E-state index is 13.3. The third-order valence-corrected chi connectivity index (χ3v) is 2.93. The summed E-state index contributed by atoms with van der Waals surface area (Å²) < 4.78 is 31.3. The van der Waals surface area contributed by atoms with E-state index in [0.717, 1.165) is 12.1 Å². The van der Waals surface area contributed by atoms with Gasteiger partial charge in [-0.15, -0.1) is 0 Å². The highest BCUT2D eigenvalue weighted by molar-refractivity contribution is 6.30. The normalized spacial score (nSPS) is 10.8. The molecule has 0 aliphatic rings. The highest BCUT2D eigenvalue weighted by Gasteiger charge is 2.16. The molecule has 0 saturated heterocycles. The summed E-state index contributed by atoms with van der Waals surface area (Å²) in [5.74, 6) is -1.94. The van der Waals surface area contributed by atoms with Gasteiger partial charge in [0.2, 0.25) is 5.82 Å². The molecule has 5 nitrogen and oxygen atoms in total. The molecule has 0 fully saturated rings. The summed E-state index contributed by atoms with van der Waals surface area (Å²) >= 11 is 5.73. The van der Waals surface area contributed by atoms with E-state index in [2.05, 4.69) is 15.1 Å². The number of nitrogen functional groups attached to an aromatic ring is 1. The Morgan fingerprint density at radius 3 is 2.62 bits per heavy atom. The number of hydrogen-bond donors (Lipinski definition) is 1. The van der Waals surface area contributed by atoms with E-state index >= 15 is 0 Å². The number of rotatable bonds is 2. The molecule has 8 heteroatoms. The van der Waals surface area contributed by atoms with Crippen molar-refractivity contribution in [2.24, 2.45) is 0 Å². The zero-order chi connectivity index (χ0) is 15.0. The summed E-state index contributed by atoms with van der Waals surface area (Å²) in [6.07, 6.45) is 1.43. The second kappa shape index (κ2) is 5.10. The Morgan fingerprint density at radius 2 is 1.90 bits per heavy atom. The van der Waals surface area contributed by atoms with E-state index in [9.17, 15) is 8.78 Å². The molecular formula is C13H7ClF2N4O. The highest BCUT2D eigenvalue weighted by atomic mass is 35.5. The SMILES string of the molecule is Nc1cc(F)c(F)cc1-c1nc(-c2ccc(Cl)cn2)no1. The van der Waals surface area contributed by atoms with Crippen LogP contribution in [0.3, 0.4) is 0 Å². The van der Waals surface area contributed by atoms with Gasteiger partial charge in [-0.1, -0.05) is 16.8 Å². The summed E-state index contributed by atoms with van der Waals surface area (Å²) in [5, 5.41) is 4.19. The Kier molecular flexibility index (Phi) is 3.26. The standard InChI is InChI=1S/C13H7ClF2N4O/c14-6-1-2-11(18-5-6)12-19-13(21-20-12)7-3-8(15)9(16)4-10(7)17/h1-5H,17H2. The second-order valence-electron chi connectivity index (χ2n) is 4.14. The minimum atomic E-state index is -1.05. The van der Waals surface area contributed by atoms with Crippen LogP contribution in [0.5, 0.6) is 0 Å². The van der Waals surface area contributed by atoms with Crippen molar-refractivity contribution in [2.75, 3.05) is 5.73 Å². The predicted octanol–water partition coefficient (Wildman–Crippen LogP) is 3.31. The van der Waals surface area contributed by atoms with Crippen molar-refractivity contribution in [1.82, 2.24) is 15.1 Å². The van der Waals surface area contributed by atoms with Crippen LogP contribution in [0.25, 0.3) is 23.0 Å². The van der Waals surface area contributed by atoms with Gasteiger partial charge >= 0.3 is 0 Å². The van der Waals surface area contributed by atoms with Gasteiger partial charge < -0.3 is 10.3 Å². The number of anilines is 1. The quantitative estimate of drug-likeness (QED) is 0.735. The topological polar surface area (TPSA) is 77.8 Å². The van der Waals surface area contributed by atoms with E-state index in [-0.39, 0.29) is 23.0 Å². The summed E-state index contributed by atoms with van der Waals surface area (Å²) in [7, 11) is 0. The molecule has 0 aliphatic carbocycles. The number of benzene rings is 1. The van der Waals surface area contributed by atoms with Crippen molar-refractivity contribution in [2.45, 2.75) is 0 Å². The molecule has 0 unspecified atom stereocenters. The first kappa shape index (κ1) is 13.4. The molecule has 2 heterocycles. The number of nitrogens with zero attached hydrogens (tertiary/aromatic N) is 3. The van der Waals surface area contributed by atoms with Gasteiger partial charge in [0, 0.05) is 18.0 Å². The Labute approximate surface area is 122 Å². The van der Waals surface area contributed by atoms with Crippen molar-refractivity contribution >= 4 is 17.3 Å². The van der Waals surface area contributed by atoms with Crippen LogP contribution in [-0.2, 0) is 0 Å². The van der Waals surface area contributed by atoms with E-state index in [1.54, 1.807) is 12.1 Å². The lowest BCUT2D eigenvalue weighted by molar-refractivity contribution is 0.431. The first-order valence-corrected chi connectivity index (χ1v) is 6.13. The lowest BCUT2D eigenvalue weighted by Gasteiger charge is -2.01. The fourth-order valence-corrected chi connectivity index (χ4v) is 1.80. The third kappa shape index (κ3) is 2.55. The first-order chi connectivity index (χ1) is 10.0. The molecule has 0 spiro atoms. The van der Waals surface area contributed by atoms with E-state index in [4.69, 9.17) is 21.9 Å². The maximum Gasteiger partial charge on any atom is 0.260 e.